The summed E-state index contributed by atoms with van der Waals surface area (Å²) < 4.78 is 13.5. The van der Waals surface area contributed by atoms with Gasteiger partial charge in [0.1, 0.15) is 6.61 Å². The number of guanidine groups is 1. The SMILES string of the molecule is COc1cc([C@H]2N=C(N)Nc3nc4ccccc4n32)ccc1OCc1ccc([N+](=O)[O-])cc1. The fourth-order valence-corrected chi connectivity index (χ4v) is 3.78. The van der Waals surface area contributed by atoms with Gasteiger partial charge in [-0.05, 0) is 42.0 Å². The standard InChI is InChI=1S/C23H20N6O4/c1-32-20-12-15(8-11-19(20)33-13-14-6-9-16(10-7-14)29(30)31)21-26-22(24)27-23-25-17-4-2-3-5-18(17)28(21)23/h2-12,21H,13H2,1H3,(H3,24,25,26,27)/t21-/m0/s1. The summed E-state index contributed by atoms with van der Waals surface area (Å²) in [6, 6.07) is 19.6. The molecule has 10 nitrogen and oxygen atoms in total. The van der Waals surface area contributed by atoms with E-state index in [0.717, 1.165) is 22.2 Å². The van der Waals surface area contributed by atoms with E-state index in [4.69, 9.17) is 15.2 Å². The molecule has 0 saturated heterocycles. The number of nitrogens with two attached hydrogens (primary N) is 1. The molecular formula is C23H20N6O4. The second-order valence-corrected chi connectivity index (χ2v) is 7.43. The van der Waals surface area contributed by atoms with Crippen molar-refractivity contribution in [1.29, 1.82) is 0 Å². The molecule has 0 aliphatic carbocycles. The van der Waals surface area contributed by atoms with E-state index in [2.05, 4.69) is 15.3 Å². The van der Waals surface area contributed by atoms with Crippen LogP contribution in [0.4, 0.5) is 11.6 Å². The number of hydrogen-bond acceptors (Lipinski definition) is 8. The predicted octanol–water partition coefficient (Wildman–Crippen LogP) is 3.82. The highest BCUT2D eigenvalue weighted by atomic mass is 16.6. The molecule has 3 aromatic carbocycles. The molecule has 1 aliphatic heterocycles. The van der Waals surface area contributed by atoms with E-state index in [1.165, 1.54) is 12.1 Å². The number of nitro benzene ring substituents is 1. The van der Waals surface area contributed by atoms with E-state index in [0.29, 0.717) is 17.4 Å². The van der Waals surface area contributed by atoms with Crippen molar-refractivity contribution in [2.75, 3.05) is 12.4 Å². The molecule has 2 heterocycles. The van der Waals surface area contributed by atoms with Gasteiger partial charge in [0.05, 0.1) is 23.1 Å². The minimum Gasteiger partial charge on any atom is -0.493 e. The molecular weight excluding hydrogens is 424 g/mol. The maximum Gasteiger partial charge on any atom is 0.269 e. The fourth-order valence-electron chi connectivity index (χ4n) is 3.78. The normalized spacial score (nSPS) is 14.8. The molecule has 0 saturated carbocycles. The van der Waals surface area contributed by atoms with Crippen molar-refractivity contribution in [2.24, 2.45) is 10.7 Å². The summed E-state index contributed by atoms with van der Waals surface area (Å²) in [6.45, 7) is 0.239. The second-order valence-electron chi connectivity index (χ2n) is 7.43. The van der Waals surface area contributed by atoms with Crippen LogP contribution in [-0.2, 0) is 6.61 Å². The maximum absolute atomic E-state index is 10.8. The molecule has 3 N–H and O–H groups in total. The summed E-state index contributed by atoms with van der Waals surface area (Å²) in [4.78, 5) is 19.6. The minimum absolute atomic E-state index is 0.0360. The number of fused-ring (bicyclic) bond motifs is 3. The second kappa shape index (κ2) is 8.15. The highest BCUT2D eigenvalue weighted by molar-refractivity contribution is 5.94. The first-order chi connectivity index (χ1) is 16.0. The predicted molar refractivity (Wildman–Crippen MR) is 124 cm³/mol. The maximum atomic E-state index is 10.8. The number of non-ortho nitro benzene ring substituents is 1. The Balaban J connectivity index is 1.44. The summed E-state index contributed by atoms with van der Waals surface area (Å²) in [5, 5.41) is 13.8. The third-order valence-electron chi connectivity index (χ3n) is 5.37. The Bertz CT molecular complexity index is 1380. The van der Waals surface area contributed by atoms with Crippen molar-refractivity contribution in [3.05, 3.63) is 88.0 Å². The molecule has 33 heavy (non-hydrogen) atoms. The number of methoxy groups -OCH3 is 1. The number of anilines is 1. The van der Waals surface area contributed by atoms with Crippen LogP contribution in [0.15, 0.2) is 71.7 Å². The summed E-state index contributed by atoms with van der Waals surface area (Å²) in [6.07, 6.45) is -0.425. The number of benzene rings is 3. The minimum atomic E-state index is -0.433. The molecule has 1 aromatic heterocycles. The lowest BCUT2D eigenvalue weighted by Gasteiger charge is -2.24. The third-order valence-corrected chi connectivity index (χ3v) is 5.37. The average Bonchev–Trinajstić information content (AvgIpc) is 3.20. The monoisotopic (exact) mass is 444 g/mol. The molecule has 1 atom stereocenters. The quantitative estimate of drug-likeness (QED) is 0.341. The van der Waals surface area contributed by atoms with Crippen LogP contribution < -0.4 is 20.5 Å². The lowest BCUT2D eigenvalue weighted by Crippen LogP contribution is -2.31. The van der Waals surface area contributed by atoms with E-state index in [9.17, 15) is 10.1 Å². The van der Waals surface area contributed by atoms with Crippen molar-refractivity contribution >= 4 is 28.6 Å². The Kier molecular flexibility index (Phi) is 5.02. The van der Waals surface area contributed by atoms with Gasteiger partial charge in [-0.25, -0.2) is 9.98 Å². The summed E-state index contributed by atoms with van der Waals surface area (Å²) in [5.41, 5.74) is 9.48. The van der Waals surface area contributed by atoms with E-state index >= 15 is 0 Å². The number of nitrogens with one attached hydrogen (secondary N) is 1. The van der Waals surface area contributed by atoms with Crippen LogP contribution in [0.5, 0.6) is 11.5 Å². The molecule has 4 aromatic rings. The zero-order valence-electron chi connectivity index (χ0n) is 17.6. The van der Waals surface area contributed by atoms with Crippen LogP contribution in [0.2, 0.25) is 0 Å². The Labute approximate surface area is 188 Å². The number of nitrogens with zero attached hydrogens (tertiary/aromatic N) is 4. The van der Waals surface area contributed by atoms with E-state index in [-0.39, 0.29) is 18.3 Å². The molecule has 0 bridgehead atoms. The van der Waals surface area contributed by atoms with Gasteiger partial charge in [0.2, 0.25) is 5.95 Å². The molecule has 0 amide bonds. The Morgan fingerprint density at radius 1 is 1.12 bits per heavy atom. The summed E-state index contributed by atoms with van der Waals surface area (Å²) in [5.74, 6) is 1.97. The Morgan fingerprint density at radius 2 is 1.91 bits per heavy atom. The lowest BCUT2D eigenvalue weighted by atomic mass is 10.1. The van der Waals surface area contributed by atoms with Gasteiger partial charge in [-0.15, -0.1) is 0 Å². The third kappa shape index (κ3) is 3.78. The molecule has 5 rings (SSSR count). The van der Waals surface area contributed by atoms with E-state index in [1.54, 1.807) is 19.2 Å². The number of ether oxygens (including phenoxy) is 2. The molecule has 0 unspecified atom stereocenters. The van der Waals surface area contributed by atoms with Gasteiger partial charge in [0.25, 0.3) is 5.69 Å². The van der Waals surface area contributed by atoms with Crippen LogP contribution >= 0.6 is 0 Å². The summed E-state index contributed by atoms with van der Waals surface area (Å²) >= 11 is 0. The molecule has 10 heteroatoms. The first-order valence-electron chi connectivity index (χ1n) is 10.1. The van der Waals surface area contributed by atoms with Crippen LogP contribution in [0.25, 0.3) is 11.0 Å². The summed E-state index contributed by atoms with van der Waals surface area (Å²) in [7, 11) is 1.57. The van der Waals surface area contributed by atoms with Gasteiger partial charge in [0, 0.05) is 17.7 Å². The highest BCUT2D eigenvalue weighted by Gasteiger charge is 2.26. The lowest BCUT2D eigenvalue weighted by molar-refractivity contribution is -0.384. The Morgan fingerprint density at radius 3 is 2.67 bits per heavy atom. The molecule has 166 valence electrons. The van der Waals surface area contributed by atoms with Gasteiger partial charge in [0.15, 0.2) is 23.6 Å². The van der Waals surface area contributed by atoms with Crippen molar-refractivity contribution in [3.8, 4) is 11.5 Å². The van der Waals surface area contributed by atoms with Crippen molar-refractivity contribution in [3.63, 3.8) is 0 Å². The van der Waals surface area contributed by atoms with Gasteiger partial charge < -0.3 is 15.2 Å². The number of aliphatic imine (C=N–C) groups is 1. The number of imidazole rings is 1. The van der Waals surface area contributed by atoms with Crippen molar-refractivity contribution in [1.82, 2.24) is 9.55 Å². The van der Waals surface area contributed by atoms with Gasteiger partial charge in [-0.2, -0.15) is 0 Å². The van der Waals surface area contributed by atoms with Crippen LogP contribution in [0.3, 0.4) is 0 Å². The zero-order chi connectivity index (χ0) is 22.9. The van der Waals surface area contributed by atoms with E-state index in [1.807, 2.05) is 47.0 Å². The van der Waals surface area contributed by atoms with Crippen molar-refractivity contribution < 1.29 is 14.4 Å². The molecule has 0 radical (unpaired) electrons. The number of hydrogen-bond donors (Lipinski definition) is 2. The number of nitro groups is 1. The van der Waals surface area contributed by atoms with Crippen LogP contribution in [0.1, 0.15) is 17.3 Å². The molecule has 0 spiro atoms. The largest absolute Gasteiger partial charge is 0.493 e. The Hall–Kier alpha value is -4.60. The number of aromatic nitrogens is 2. The van der Waals surface area contributed by atoms with Gasteiger partial charge >= 0.3 is 0 Å². The van der Waals surface area contributed by atoms with Crippen LogP contribution in [0, 0.1) is 10.1 Å². The topological polar surface area (TPSA) is 130 Å². The van der Waals surface area contributed by atoms with E-state index < -0.39 is 11.1 Å². The first kappa shape index (κ1) is 20.3. The molecule has 1 aliphatic rings. The number of rotatable bonds is 6. The van der Waals surface area contributed by atoms with Gasteiger partial charge in [-0.1, -0.05) is 18.2 Å². The highest BCUT2D eigenvalue weighted by Crippen LogP contribution is 2.36. The first-order valence-corrected chi connectivity index (χ1v) is 10.1. The smallest absolute Gasteiger partial charge is 0.269 e. The number of para-hydroxylation sites is 2. The van der Waals surface area contributed by atoms with Gasteiger partial charge in [-0.3, -0.25) is 20.0 Å². The zero-order valence-corrected chi connectivity index (χ0v) is 17.6. The average molecular weight is 444 g/mol. The fraction of sp³-hybridized carbons (Fsp3) is 0.130. The molecule has 0 fully saturated rings. The van der Waals surface area contributed by atoms with Crippen molar-refractivity contribution in [2.45, 2.75) is 12.8 Å². The van der Waals surface area contributed by atoms with Crippen LogP contribution in [-0.4, -0.2) is 27.5 Å².